The van der Waals surface area contributed by atoms with E-state index in [1.807, 2.05) is 18.2 Å². The van der Waals surface area contributed by atoms with Crippen LogP contribution in [0.5, 0.6) is 5.75 Å². The topological polar surface area (TPSA) is 50.4 Å². The van der Waals surface area contributed by atoms with Crippen LogP contribution < -0.4 is 15.4 Å². The fourth-order valence-corrected chi connectivity index (χ4v) is 1.42. The molecule has 88 valence electrons. The fourth-order valence-electron chi connectivity index (χ4n) is 1.42. The Labute approximate surface area is 96.0 Å². The third-order valence-electron chi connectivity index (χ3n) is 2.15. The van der Waals surface area contributed by atoms with Crippen molar-refractivity contribution in [3.8, 4) is 5.75 Å². The minimum Gasteiger partial charge on any atom is -0.495 e. The van der Waals surface area contributed by atoms with Gasteiger partial charge in [-0.25, -0.2) is 0 Å². The van der Waals surface area contributed by atoms with Gasteiger partial charge in [-0.3, -0.25) is 4.79 Å². The summed E-state index contributed by atoms with van der Waals surface area (Å²) in [6.45, 7) is 5.24. The molecule has 0 radical (unpaired) electrons. The number of carbonyl (C=O) groups excluding carboxylic acids is 1. The maximum absolute atomic E-state index is 11.0. The quantitative estimate of drug-likeness (QED) is 0.798. The predicted molar refractivity (Wildman–Crippen MR) is 64.7 cm³/mol. The van der Waals surface area contributed by atoms with Crippen LogP contribution in [0.3, 0.4) is 0 Å². The Morgan fingerprint density at radius 2 is 2.19 bits per heavy atom. The first kappa shape index (κ1) is 12.5. The maximum atomic E-state index is 11.0. The molecule has 0 saturated heterocycles. The van der Waals surface area contributed by atoms with Gasteiger partial charge in [0, 0.05) is 13.5 Å². The number of ether oxygens (including phenoxy) is 1. The SMILES string of the molecule is CCNCc1ccc(OC)c(NC(C)=O)c1. The van der Waals surface area contributed by atoms with Gasteiger partial charge in [0.15, 0.2) is 0 Å². The molecule has 1 amide bonds. The molecule has 0 aliphatic rings. The number of hydrogen-bond acceptors (Lipinski definition) is 3. The Bertz CT molecular complexity index is 364. The highest BCUT2D eigenvalue weighted by molar-refractivity contribution is 5.90. The van der Waals surface area contributed by atoms with Crippen LogP contribution >= 0.6 is 0 Å². The average Bonchev–Trinajstić information content (AvgIpc) is 2.26. The molecular formula is C12H18N2O2. The predicted octanol–water partition coefficient (Wildman–Crippen LogP) is 1.76. The summed E-state index contributed by atoms with van der Waals surface area (Å²) in [7, 11) is 1.59. The van der Waals surface area contributed by atoms with Crippen molar-refractivity contribution in [3.63, 3.8) is 0 Å². The molecule has 0 heterocycles. The molecule has 0 spiro atoms. The molecule has 1 aromatic carbocycles. The van der Waals surface area contributed by atoms with Crippen molar-refractivity contribution < 1.29 is 9.53 Å². The number of amides is 1. The van der Waals surface area contributed by atoms with Crippen molar-refractivity contribution in [2.45, 2.75) is 20.4 Å². The van der Waals surface area contributed by atoms with Crippen LogP contribution in [-0.4, -0.2) is 19.6 Å². The Morgan fingerprint density at radius 3 is 2.75 bits per heavy atom. The molecule has 16 heavy (non-hydrogen) atoms. The lowest BCUT2D eigenvalue weighted by Crippen LogP contribution is -2.13. The van der Waals surface area contributed by atoms with Crippen molar-refractivity contribution in [2.24, 2.45) is 0 Å². The highest BCUT2D eigenvalue weighted by atomic mass is 16.5. The first-order valence-corrected chi connectivity index (χ1v) is 5.32. The van der Waals surface area contributed by atoms with Gasteiger partial charge in [-0.05, 0) is 24.2 Å². The van der Waals surface area contributed by atoms with Gasteiger partial charge >= 0.3 is 0 Å². The minimum atomic E-state index is -0.0982. The molecule has 4 heteroatoms. The molecule has 0 saturated carbocycles. The zero-order chi connectivity index (χ0) is 12.0. The lowest BCUT2D eigenvalue weighted by atomic mass is 10.2. The van der Waals surface area contributed by atoms with Gasteiger partial charge in [0.2, 0.25) is 5.91 Å². The molecule has 2 N–H and O–H groups in total. The van der Waals surface area contributed by atoms with E-state index in [1.165, 1.54) is 6.92 Å². The normalized spacial score (nSPS) is 9.94. The Balaban J connectivity index is 2.87. The van der Waals surface area contributed by atoms with Crippen molar-refractivity contribution >= 4 is 11.6 Å². The van der Waals surface area contributed by atoms with E-state index < -0.39 is 0 Å². The molecule has 0 aliphatic carbocycles. The fraction of sp³-hybridized carbons (Fsp3) is 0.417. The summed E-state index contributed by atoms with van der Waals surface area (Å²) in [4.78, 5) is 11.0. The Hall–Kier alpha value is -1.55. The second-order valence-electron chi connectivity index (χ2n) is 3.50. The van der Waals surface area contributed by atoms with Crippen LogP contribution in [0.4, 0.5) is 5.69 Å². The number of benzene rings is 1. The van der Waals surface area contributed by atoms with Crippen LogP contribution in [0.25, 0.3) is 0 Å². The van der Waals surface area contributed by atoms with Crippen LogP contribution in [0.2, 0.25) is 0 Å². The van der Waals surface area contributed by atoms with Gasteiger partial charge in [0.1, 0.15) is 5.75 Å². The third-order valence-corrected chi connectivity index (χ3v) is 2.15. The summed E-state index contributed by atoms with van der Waals surface area (Å²) in [5.41, 5.74) is 1.83. The third kappa shape index (κ3) is 3.55. The number of rotatable bonds is 5. The molecule has 1 rings (SSSR count). The molecule has 4 nitrogen and oxygen atoms in total. The highest BCUT2D eigenvalue weighted by Gasteiger charge is 2.05. The average molecular weight is 222 g/mol. The van der Waals surface area contributed by atoms with Crippen LogP contribution in [0, 0.1) is 0 Å². The summed E-state index contributed by atoms with van der Waals surface area (Å²) >= 11 is 0. The van der Waals surface area contributed by atoms with E-state index in [9.17, 15) is 4.79 Å². The standard InChI is InChI=1S/C12H18N2O2/c1-4-13-8-10-5-6-12(16-3)11(7-10)14-9(2)15/h5-7,13H,4,8H2,1-3H3,(H,14,15). The molecule has 0 bridgehead atoms. The number of methoxy groups -OCH3 is 1. The Morgan fingerprint density at radius 1 is 1.44 bits per heavy atom. The zero-order valence-electron chi connectivity index (χ0n) is 9.96. The Kier molecular flexibility index (Phi) is 4.79. The van der Waals surface area contributed by atoms with Gasteiger partial charge in [-0.15, -0.1) is 0 Å². The molecule has 0 unspecified atom stereocenters. The molecular weight excluding hydrogens is 204 g/mol. The minimum absolute atomic E-state index is 0.0982. The highest BCUT2D eigenvalue weighted by Crippen LogP contribution is 2.25. The van der Waals surface area contributed by atoms with E-state index in [2.05, 4.69) is 17.6 Å². The number of hydrogen-bond donors (Lipinski definition) is 2. The van der Waals surface area contributed by atoms with Crippen molar-refractivity contribution in [2.75, 3.05) is 19.0 Å². The molecule has 0 aromatic heterocycles. The van der Waals surface area contributed by atoms with Crippen molar-refractivity contribution in [1.82, 2.24) is 5.32 Å². The van der Waals surface area contributed by atoms with E-state index in [-0.39, 0.29) is 5.91 Å². The smallest absolute Gasteiger partial charge is 0.221 e. The van der Waals surface area contributed by atoms with Gasteiger partial charge in [0.05, 0.1) is 12.8 Å². The second-order valence-corrected chi connectivity index (χ2v) is 3.50. The monoisotopic (exact) mass is 222 g/mol. The largest absolute Gasteiger partial charge is 0.495 e. The lowest BCUT2D eigenvalue weighted by molar-refractivity contribution is -0.114. The van der Waals surface area contributed by atoms with Crippen molar-refractivity contribution in [1.29, 1.82) is 0 Å². The van der Waals surface area contributed by atoms with Crippen LogP contribution in [0.1, 0.15) is 19.4 Å². The molecule has 1 aromatic rings. The molecule has 0 atom stereocenters. The van der Waals surface area contributed by atoms with Gasteiger partial charge in [-0.2, -0.15) is 0 Å². The maximum Gasteiger partial charge on any atom is 0.221 e. The lowest BCUT2D eigenvalue weighted by Gasteiger charge is -2.11. The van der Waals surface area contributed by atoms with Gasteiger partial charge in [-0.1, -0.05) is 13.0 Å². The van der Waals surface area contributed by atoms with E-state index in [0.29, 0.717) is 11.4 Å². The number of nitrogens with one attached hydrogen (secondary N) is 2. The van der Waals surface area contributed by atoms with Crippen LogP contribution in [0.15, 0.2) is 18.2 Å². The van der Waals surface area contributed by atoms with Gasteiger partial charge < -0.3 is 15.4 Å². The van der Waals surface area contributed by atoms with E-state index in [1.54, 1.807) is 7.11 Å². The first-order chi connectivity index (χ1) is 7.67. The van der Waals surface area contributed by atoms with E-state index in [0.717, 1.165) is 18.7 Å². The summed E-state index contributed by atoms with van der Waals surface area (Å²) in [6.07, 6.45) is 0. The first-order valence-electron chi connectivity index (χ1n) is 5.32. The second kappa shape index (κ2) is 6.12. The summed E-state index contributed by atoms with van der Waals surface area (Å²) in [5.74, 6) is 0.578. The summed E-state index contributed by atoms with van der Waals surface area (Å²) in [6, 6.07) is 5.76. The zero-order valence-corrected chi connectivity index (χ0v) is 9.96. The van der Waals surface area contributed by atoms with Crippen molar-refractivity contribution in [3.05, 3.63) is 23.8 Å². The van der Waals surface area contributed by atoms with E-state index >= 15 is 0 Å². The molecule has 0 fully saturated rings. The number of anilines is 1. The summed E-state index contributed by atoms with van der Waals surface area (Å²) in [5, 5.41) is 5.98. The summed E-state index contributed by atoms with van der Waals surface area (Å²) < 4.78 is 5.17. The number of carbonyl (C=O) groups is 1. The van der Waals surface area contributed by atoms with E-state index in [4.69, 9.17) is 4.74 Å². The molecule has 0 aliphatic heterocycles. The van der Waals surface area contributed by atoms with Gasteiger partial charge in [0.25, 0.3) is 0 Å². The van der Waals surface area contributed by atoms with Crippen LogP contribution in [-0.2, 0) is 11.3 Å².